The van der Waals surface area contributed by atoms with E-state index in [1.807, 2.05) is 5.92 Å². The summed E-state index contributed by atoms with van der Waals surface area (Å²) in [4.78, 5) is 23.8. The molecule has 0 saturated carbocycles. The van der Waals surface area contributed by atoms with Gasteiger partial charge >= 0.3 is 0 Å². The zero-order valence-electron chi connectivity index (χ0n) is 16.1. The Labute approximate surface area is 171 Å². The van der Waals surface area contributed by atoms with Crippen LogP contribution in [0.5, 0.6) is 11.5 Å². The number of hydrogen-bond acceptors (Lipinski definition) is 4. The maximum Gasteiger partial charge on any atom is 0.300 e. The first kappa shape index (κ1) is 20.6. The summed E-state index contributed by atoms with van der Waals surface area (Å²) in [5.41, 5.74) is 1.45. The van der Waals surface area contributed by atoms with Gasteiger partial charge in [0, 0.05) is 43.2 Å². The van der Waals surface area contributed by atoms with E-state index >= 15 is 0 Å². The average molecular weight is 409 g/mol. The summed E-state index contributed by atoms with van der Waals surface area (Å²) in [7, 11) is 3.19. The van der Waals surface area contributed by atoms with E-state index in [1.54, 1.807) is 32.4 Å². The van der Waals surface area contributed by atoms with E-state index in [-0.39, 0.29) is 17.1 Å². The quantitative estimate of drug-likeness (QED) is 0.630. The van der Waals surface area contributed by atoms with Crippen LogP contribution < -0.4 is 20.9 Å². The Morgan fingerprint density at radius 1 is 1.13 bits per heavy atom. The predicted octanol–water partition coefficient (Wildman–Crippen LogP) is 3.74. The van der Waals surface area contributed by atoms with Crippen molar-refractivity contribution in [2.75, 3.05) is 17.7 Å². The third-order valence-electron chi connectivity index (χ3n) is 4.25. The van der Waals surface area contributed by atoms with Crippen LogP contribution in [0.15, 0.2) is 53.5 Å². The Balaban J connectivity index is 2.15. The molecule has 3 rings (SSSR count). The second-order valence-electron chi connectivity index (χ2n) is 6.29. The van der Waals surface area contributed by atoms with Gasteiger partial charge in [0.15, 0.2) is 11.6 Å². The summed E-state index contributed by atoms with van der Waals surface area (Å²) in [6.45, 7) is 0. The molecular formula is C22H17F2N3O3. The minimum absolute atomic E-state index is 0.184. The number of anilines is 2. The Bertz CT molecular complexity index is 1230. The molecule has 0 unspecified atom stereocenters. The summed E-state index contributed by atoms with van der Waals surface area (Å²) in [5.74, 6) is -0.257. The normalized spacial score (nSPS) is 10.2. The maximum absolute atomic E-state index is 14.1. The molecule has 30 heavy (non-hydrogen) atoms. The molecule has 152 valence electrons. The standard InChI is InChI=1S/C22H17F2N3O3/c1-4-21(28)26-15-6-8-19(30-20-7-5-14(23)10-17(20)24)16(11-15)13-9-18(25-2)22(29)27(3)12-13/h1,5-12,25H,2-3H3,(H,26,28). The minimum atomic E-state index is -0.873. The first-order valence-electron chi connectivity index (χ1n) is 8.75. The van der Waals surface area contributed by atoms with Crippen molar-refractivity contribution in [1.29, 1.82) is 0 Å². The molecule has 8 heteroatoms. The van der Waals surface area contributed by atoms with Gasteiger partial charge in [-0.3, -0.25) is 9.59 Å². The lowest BCUT2D eigenvalue weighted by molar-refractivity contribution is -0.111. The average Bonchev–Trinajstić information content (AvgIpc) is 2.72. The number of benzene rings is 2. The monoisotopic (exact) mass is 409 g/mol. The van der Waals surface area contributed by atoms with E-state index < -0.39 is 17.5 Å². The Morgan fingerprint density at radius 2 is 1.87 bits per heavy atom. The number of pyridine rings is 1. The molecule has 0 fully saturated rings. The molecule has 0 atom stereocenters. The fourth-order valence-electron chi connectivity index (χ4n) is 2.80. The highest BCUT2D eigenvalue weighted by molar-refractivity contribution is 6.03. The van der Waals surface area contributed by atoms with Gasteiger partial charge in [-0.15, -0.1) is 6.42 Å². The van der Waals surface area contributed by atoms with Crippen molar-refractivity contribution in [2.24, 2.45) is 7.05 Å². The van der Waals surface area contributed by atoms with Gasteiger partial charge in [0.2, 0.25) is 0 Å². The molecule has 2 N–H and O–H groups in total. The number of aromatic nitrogens is 1. The van der Waals surface area contributed by atoms with Crippen LogP contribution >= 0.6 is 0 Å². The lowest BCUT2D eigenvalue weighted by Gasteiger charge is -2.15. The molecule has 1 aromatic heterocycles. The van der Waals surface area contributed by atoms with Crippen molar-refractivity contribution in [3.05, 3.63) is 70.6 Å². The fourth-order valence-corrected chi connectivity index (χ4v) is 2.80. The molecule has 3 aromatic rings. The van der Waals surface area contributed by atoms with Crippen LogP contribution in [0.2, 0.25) is 0 Å². The topological polar surface area (TPSA) is 72.4 Å². The molecule has 0 saturated heterocycles. The number of carbonyl (C=O) groups is 1. The summed E-state index contributed by atoms with van der Waals surface area (Å²) in [6, 6.07) is 9.16. The number of amides is 1. The minimum Gasteiger partial charge on any atom is -0.454 e. The van der Waals surface area contributed by atoms with Crippen LogP contribution in [0.1, 0.15) is 0 Å². The molecule has 6 nitrogen and oxygen atoms in total. The van der Waals surface area contributed by atoms with Gasteiger partial charge in [-0.05, 0) is 42.3 Å². The third-order valence-corrected chi connectivity index (χ3v) is 4.25. The molecule has 0 aliphatic heterocycles. The maximum atomic E-state index is 14.1. The molecular weight excluding hydrogens is 392 g/mol. The molecule has 0 radical (unpaired) electrons. The molecule has 1 amide bonds. The van der Waals surface area contributed by atoms with Crippen molar-refractivity contribution in [3.8, 4) is 35.0 Å². The SMILES string of the molecule is C#CC(=O)Nc1ccc(Oc2ccc(F)cc2F)c(-c2cc(NC)c(=O)n(C)c2)c1. The number of rotatable bonds is 5. The third kappa shape index (κ3) is 4.31. The first-order valence-corrected chi connectivity index (χ1v) is 8.75. The van der Waals surface area contributed by atoms with Gasteiger partial charge in [-0.25, -0.2) is 8.78 Å². The lowest BCUT2D eigenvalue weighted by Crippen LogP contribution is -2.19. The number of hydrogen-bond donors (Lipinski definition) is 2. The summed E-state index contributed by atoms with van der Waals surface area (Å²) >= 11 is 0. The second kappa shape index (κ2) is 8.49. The van der Waals surface area contributed by atoms with Gasteiger partial charge < -0.3 is 19.9 Å². The number of nitrogens with one attached hydrogen (secondary N) is 2. The Morgan fingerprint density at radius 3 is 2.53 bits per heavy atom. The fraction of sp³-hybridized carbons (Fsp3) is 0.0909. The zero-order valence-corrected chi connectivity index (χ0v) is 16.1. The Hall–Kier alpha value is -4.12. The number of aryl methyl sites for hydroxylation is 1. The van der Waals surface area contributed by atoms with E-state index in [1.165, 1.54) is 22.8 Å². The lowest BCUT2D eigenvalue weighted by atomic mass is 10.0. The predicted molar refractivity (Wildman–Crippen MR) is 111 cm³/mol. The van der Waals surface area contributed by atoms with Gasteiger partial charge in [0.25, 0.3) is 11.5 Å². The smallest absolute Gasteiger partial charge is 0.300 e. The van der Waals surface area contributed by atoms with E-state index in [9.17, 15) is 18.4 Å². The van der Waals surface area contributed by atoms with E-state index in [0.29, 0.717) is 28.6 Å². The number of ether oxygens (including phenoxy) is 1. The highest BCUT2D eigenvalue weighted by atomic mass is 19.1. The van der Waals surface area contributed by atoms with Crippen LogP contribution in [0, 0.1) is 24.0 Å². The van der Waals surface area contributed by atoms with Gasteiger partial charge in [0.05, 0.1) is 0 Å². The highest BCUT2D eigenvalue weighted by Crippen LogP contribution is 2.36. The summed E-state index contributed by atoms with van der Waals surface area (Å²) < 4.78 is 34.4. The zero-order chi connectivity index (χ0) is 21.8. The van der Waals surface area contributed by atoms with Crippen LogP contribution in [-0.4, -0.2) is 17.5 Å². The molecule has 0 bridgehead atoms. The number of terminal acetylenes is 1. The largest absolute Gasteiger partial charge is 0.454 e. The first-order chi connectivity index (χ1) is 14.3. The van der Waals surface area contributed by atoms with Crippen LogP contribution in [0.25, 0.3) is 11.1 Å². The number of nitrogens with zero attached hydrogens (tertiary/aromatic N) is 1. The van der Waals surface area contributed by atoms with Gasteiger partial charge in [-0.1, -0.05) is 0 Å². The van der Waals surface area contributed by atoms with E-state index in [4.69, 9.17) is 11.2 Å². The van der Waals surface area contributed by atoms with Crippen molar-refractivity contribution in [1.82, 2.24) is 4.57 Å². The summed E-state index contributed by atoms with van der Waals surface area (Å²) in [5, 5.41) is 5.34. The van der Waals surface area contributed by atoms with Crippen molar-refractivity contribution in [2.45, 2.75) is 0 Å². The molecule has 0 aliphatic rings. The highest BCUT2D eigenvalue weighted by Gasteiger charge is 2.15. The number of halogens is 2. The van der Waals surface area contributed by atoms with Gasteiger partial charge in [-0.2, -0.15) is 0 Å². The second-order valence-corrected chi connectivity index (χ2v) is 6.29. The van der Waals surface area contributed by atoms with Gasteiger partial charge in [0.1, 0.15) is 17.3 Å². The van der Waals surface area contributed by atoms with Crippen LogP contribution in [-0.2, 0) is 11.8 Å². The van der Waals surface area contributed by atoms with E-state index in [0.717, 1.165) is 6.07 Å². The molecule has 2 aromatic carbocycles. The van der Waals surface area contributed by atoms with Crippen molar-refractivity contribution < 1.29 is 18.3 Å². The molecule has 0 spiro atoms. The Kier molecular flexibility index (Phi) is 5.83. The number of carbonyl (C=O) groups excluding carboxylic acids is 1. The van der Waals surface area contributed by atoms with Crippen molar-refractivity contribution >= 4 is 17.3 Å². The van der Waals surface area contributed by atoms with E-state index in [2.05, 4.69) is 10.6 Å². The molecule has 1 heterocycles. The summed E-state index contributed by atoms with van der Waals surface area (Å²) in [6.07, 6.45) is 6.67. The van der Waals surface area contributed by atoms with Crippen LogP contribution in [0.4, 0.5) is 20.2 Å². The van der Waals surface area contributed by atoms with Crippen molar-refractivity contribution in [3.63, 3.8) is 0 Å². The van der Waals surface area contributed by atoms with Crippen LogP contribution in [0.3, 0.4) is 0 Å². The molecule has 0 aliphatic carbocycles.